The molecule has 3 rings (SSSR count). The first-order valence-electron chi connectivity index (χ1n) is 7.04. The molecule has 0 radical (unpaired) electrons. The zero-order valence-electron chi connectivity index (χ0n) is 12.2. The number of nitrogens with zero attached hydrogens (tertiary/aromatic N) is 2. The van der Waals surface area contributed by atoms with Crippen molar-refractivity contribution in [2.24, 2.45) is 10.8 Å². The van der Waals surface area contributed by atoms with E-state index in [1.807, 2.05) is 24.4 Å². The van der Waals surface area contributed by atoms with E-state index in [4.69, 9.17) is 5.73 Å². The fraction of sp³-hybridized carbons (Fsp3) is 0.0588. The van der Waals surface area contributed by atoms with Crippen LogP contribution in [0.5, 0.6) is 0 Å². The third-order valence-corrected chi connectivity index (χ3v) is 4.18. The molecule has 0 fully saturated rings. The molecule has 5 nitrogen and oxygen atoms in total. The SMILES string of the molecule is NC(=O)NN=Cc1cn(Cc2ccc(I)cc2)c2ccccc12. The van der Waals surface area contributed by atoms with Gasteiger partial charge in [-0.2, -0.15) is 5.10 Å². The van der Waals surface area contributed by atoms with Crippen molar-refractivity contribution in [3.8, 4) is 0 Å². The highest BCUT2D eigenvalue weighted by molar-refractivity contribution is 14.1. The first-order valence-corrected chi connectivity index (χ1v) is 8.12. The minimum Gasteiger partial charge on any atom is -0.350 e. The second-order valence-electron chi connectivity index (χ2n) is 5.09. The van der Waals surface area contributed by atoms with E-state index in [0.29, 0.717) is 0 Å². The average Bonchev–Trinajstić information content (AvgIpc) is 2.88. The molecule has 2 amide bonds. The number of hydrazone groups is 1. The van der Waals surface area contributed by atoms with Gasteiger partial charge in [0.2, 0.25) is 0 Å². The van der Waals surface area contributed by atoms with Crippen LogP contribution < -0.4 is 11.2 Å². The summed E-state index contributed by atoms with van der Waals surface area (Å²) >= 11 is 2.30. The molecule has 0 atom stereocenters. The quantitative estimate of drug-likeness (QED) is 0.381. The van der Waals surface area contributed by atoms with E-state index in [1.54, 1.807) is 6.21 Å². The largest absolute Gasteiger partial charge is 0.350 e. The van der Waals surface area contributed by atoms with Gasteiger partial charge in [0.05, 0.1) is 6.21 Å². The molecule has 0 aliphatic carbocycles. The molecule has 0 spiro atoms. The minimum absolute atomic E-state index is 0.677. The van der Waals surface area contributed by atoms with E-state index in [1.165, 1.54) is 9.13 Å². The molecule has 1 aromatic heterocycles. The Bertz CT molecular complexity index is 868. The molecule has 0 saturated heterocycles. The van der Waals surface area contributed by atoms with Crippen LogP contribution in [0, 0.1) is 3.57 Å². The number of benzene rings is 2. The summed E-state index contributed by atoms with van der Waals surface area (Å²) in [6, 6.07) is 15.9. The van der Waals surface area contributed by atoms with Crippen molar-refractivity contribution in [3.05, 3.63) is 69.4 Å². The number of fused-ring (bicyclic) bond motifs is 1. The van der Waals surface area contributed by atoms with Gasteiger partial charge in [-0.25, -0.2) is 10.2 Å². The predicted octanol–water partition coefficient (Wildman–Crippen LogP) is 3.30. The lowest BCUT2D eigenvalue weighted by Gasteiger charge is -2.05. The summed E-state index contributed by atoms with van der Waals surface area (Å²) in [5.74, 6) is 0. The number of hydrogen-bond donors (Lipinski definition) is 2. The number of carbonyl (C=O) groups is 1. The Morgan fingerprint density at radius 1 is 1.22 bits per heavy atom. The van der Waals surface area contributed by atoms with Crippen LogP contribution in [0.15, 0.2) is 59.8 Å². The van der Waals surface area contributed by atoms with Gasteiger partial charge in [0.15, 0.2) is 0 Å². The first-order chi connectivity index (χ1) is 11.1. The van der Waals surface area contributed by atoms with Gasteiger partial charge in [-0.05, 0) is 46.4 Å². The van der Waals surface area contributed by atoms with Crippen LogP contribution in [0.25, 0.3) is 10.9 Å². The van der Waals surface area contributed by atoms with E-state index in [9.17, 15) is 4.79 Å². The number of aromatic nitrogens is 1. The lowest BCUT2D eigenvalue weighted by atomic mass is 10.2. The number of urea groups is 1. The van der Waals surface area contributed by atoms with Crippen LogP contribution in [0.4, 0.5) is 4.79 Å². The average molecular weight is 418 g/mol. The van der Waals surface area contributed by atoms with Gasteiger partial charge in [-0.15, -0.1) is 0 Å². The third-order valence-electron chi connectivity index (χ3n) is 3.46. The topological polar surface area (TPSA) is 72.4 Å². The number of hydrogen-bond acceptors (Lipinski definition) is 2. The van der Waals surface area contributed by atoms with E-state index < -0.39 is 6.03 Å². The van der Waals surface area contributed by atoms with Gasteiger partial charge in [-0.3, -0.25) is 0 Å². The van der Waals surface area contributed by atoms with Gasteiger partial charge in [0.1, 0.15) is 0 Å². The zero-order valence-corrected chi connectivity index (χ0v) is 14.4. The smallest absolute Gasteiger partial charge is 0.332 e. The molecule has 1 heterocycles. The zero-order chi connectivity index (χ0) is 16.2. The summed E-state index contributed by atoms with van der Waals surface area (Å²) < 4.78 is 3.39. The Kier molecular flexibility index (Phi) is 4.61. The number of carbonyl (C=O) groups excluding carboxylic acids is 1. The maximum absolute atomic E-state index is 10.7. The molecule has 0 saturated carbocycles. The molecule has 23 heavy (non-hydrogen) atoms. The van der Waals surface area contributed by atoms with Gasteiger partial charge < -0.3 is 10.3 Å². The number of primary amides is 1. The Hall–Kier alpha value is -2.35. The molecule has 116 valence electrons. The van der Waals surface area contributed by atoms with Crippen molar-refractivity contribution in [3.63, 3.8) is 0 Å². The van der Waals surface area contributed by atoms with Gasteiger partial charge in [0, 0.05) is 32.8 Å². The van der Waals surface area contributed by atoms with Crippen LogP contribution in [-0.2, 0) is 6.54 Å². The first kappa shape index (κ1) is 15.5. The fourth-order valence-corrected chi connectivity index (χ4v) is 2.82. The molecule has 0 bridgehead atoms. The van der Waals surface area contributed by atoms with E-state index in [0.717, 1.165) is 23.0 Å². The number of halogens is 1. The highest BCUT2D eigenvalue weighted by Gasteiger charge is 2.07. The third kappa shape index (κ3) is 3.70. The second-order valence-corrected chi connectivity index (χ2v) is 6.34. The highest BCUT2D eigenvalue weighted by Crippen LogP contribution is 2.21. The molecule has 3 aromatic rings. The van der Waals surface area contributed by atoms with Crippen molar-refractivity contribution >= 4 is 45.7 Å². The van der Waals surface area contributed by atoms with Gasteiger partial charge in [-0.1, -0.05) is 30.3 Å². The molecular formula is C17H15IN4O. The number of rotatable bonds is 4. The second kappa shape index (κ2) is 6.82. The Labute approximate surface area is 147 Å². The van der Waals surface area contributed by atoms with Crippen molar-refractivity contribution in [2.75, 3.05) is 0 Å². The lowest BCUT2D eigenvalue weighted by molar-refractivity contribution is 0.249. The normalized spacial score (nSPS) is 11.2. The Morgan fingerprint density at radius 3 is 2.70 bits per heavy atom. The molecular weight excluding hydrogens is 403 g/mol. The van der Waals surface area contributed by atoms with E-state index in [2.05, 4.69) is 68.0 Å². The standard InChI is InChI=1S/C17H15IN4O/c18-14-7-5-12(6-8-14)10-22-11-13(9-20-21-17(19)23)15-3-1-2-4-16(15)22/h1-9,11H,10H2,(H3,19,21,23). The summed E-state index contributed by atoms with van der Waals surface area (Å²) in [4.78, 5) is 10.7. The number of nitrogens with one attached hydrogen (secondary N) is 1. The fourth-order valence-electron chi connectivity index (χ4n) is 2.46. The van der Waals surface area contributed by atoms with Crippen LogP contribution in [0.2, 0.25) is 0 Å². The Morgan fingerprint density at radius 2 is 1.96 bits per heavy atom. The van der Waals surface area contributed by atoms with Crippen molar-refractivity contribution in [1.82, 2.24) is 9.99 Å². The van der Waals surface area contributed by atoms with Crippen LogP contribution >= 0.6 is 22.6 Å². The summed E-state index contributed by atoms with van der Waals surface area (Å²) in [6.45, 7) is 0.772. The minimum atomic E-state index is -0.677. The predicted molar refractivity (Wildman–Crippen MR) is 101 cm³/mol. The molecule has 6 heteroatoms. The van der Waals surface area contributed by atoms with E-state index in [-0.39, 0.29) is 0 Å². The van der Waals surface area contributed by atoms with Crippen molar-refractivity contribution < 1.29 is 4.79 Å². The summed E-state index contributed by atoms with van der Waals surface area (Å²) in [6.07, 6.45) is 3.63. The molecule has 0 aliphatic rings. The maximum Gasteiger partial charge on any atom is 0.332 e. The number of amides is 2. The van der Waals surface area contributed by atoms with Crippen LogP contribution in [-0.4, -0.2) is 16.8 Å². The highest BCUT2D eigenvalue weighted by atomic mass is 127. The summed E-state index contributed by atoms with van der Waals surface area (Å²) in [5.41, 5.74) is 10.5. The van der Waals surface area contributed by atoms with Crippen LogP contribution in [0.1, 0.15) is 11.1 Å². The van der Waals surface area contributed by atoms with Crippen molar-refractivity contribution in [1.29, 1.82) is 0 Å². The lowest BCUT2D eigenvalue weighted by Crippen LogP contribution is -2.24. The molecule has 0 unspecified atom stereocenters. The molecule has 0 aliphatic heterocycles. The van der Waals surface area contributed by atoms with E-state index >= 15 is 0 Å². The summed E-state index contributed by atoms with van der Waals surface area (Å²) in [7, 11) is 0. The maximum atomic E-state index is 10.7. The molecule has 3 N–H and O–H groups in total. The van der Waals surface area contributed by atoms with Gasteiger partial charge >= 0.3 is 6.03 Å². The van der Waals surface area contributed by atoms with Crippen LogP contribution in [0.3, 0.4) is 0 Å². The summed E-state index contributed by atoms with van der Waals surface area (Å²) in [5, 5.41) is 4.94. The number of nitrogens with two attached hydrogens (primary N) is 1. The Balaban J connectivity index is 1.95. The van der Waals surface area contributed by atoms with Crippen molar-refractivity contribution in [2.45, 2.75) is 6.54 Å². The molecule has 2 aromatic carbocycles. The monoisotopic (exact) mass is 418 g/mol. The van der Waals surface area contributed by atoms with Gasteiger partial charge in [0.25, 0.3) is 0 Å². The number of para-hydroxylation sites is 1.